The summed E-state index contributed by atoms with van der Waals surface area (Å²) in [6.07, 6.45) is 5.37. The highest BCUT2D eigenvalue weighted by Gasteiger charge is 2.57. The van der Waals surface area contributed by atoms with Crippen LogP contribution in [0.4, 0.5) is 10.5 Å². The Labute approximate surface area is 157 Å². The first kappa shape index (κ1) is 17.6. The van der Waals surface area contributed by atoms with Crippen molar-refractivity contribution in [2.75, 3.05) is 12.4 Å². The highest BCUT2D eigenvalue weighted by Crippen LogP contribution is 2.49. The van der Waals surface area contributed by atoms with Gasteiger partial charge >= 0.3 is 6.03 Å². The molecule has 1 aromatic rings. The smallest absolute Gasteiger partial charge is 0.320 e. The summed E-state index contributed by atoms with van der Waals surface area (Å²) < 4.78 is 5.08. The number of likely N-dealkylation sites (tertiary alicyclic amines) is 1. The van der Waals surface area contributed by atoms with Crippen LogP contribution < -0.4 is 15.4 Å². The normalized spacial score (nSPS) is 29.5. The van der Waals surface area contributed by atoms with Gasteiger partial charge in [-0.2, -0.15) is 0 Å². The second kappa shape index (κ2) is 6.72. The predicted molar refractivity (Wildman–Crippen MR) is 98.8 cm³/mol. The molecule has 1 saturated heterocycles. The van der Waals surface area contributed by atoms with Gasteiger partial charge in [0.15, 0.2) is 0 Å². The molecule has 1 saturated carbocycles. The minimum atomic E-state index is -0.701. The van der Waals surface area contributed by atoms with E-state index in [0.717, 1.165) is 12.8 Å². The third kappa shape index (κ3) is 2.97. The van der Waals surface area contributed by atoms with Gasteiger partial charge in [0.1, 0.15) is 11.9 Å². The molecule has 1 aliphatic heterocycles. The number of carbonyl (C=O) groups is 3. The Morgan fingerprint density at radius 2 is 1.63 bits per heavy atom. The Bertz CT molecular complexity index is 772. The van der Waals surface area contributed by atoms with E-state index in [1.54, 1.807) is 38.3 Å². The van der Waals surface area contributed by atoms with Gasteiger partial charge in [-0.3, -0.25) is 14.5 Å². The van der Waals surface area contributed by atoms with Crippen LogP contribution in [-0.4, -0.2) is 36.0 Å². The Morgan fingerprint density at radius 1 is 1.07 bits per heavy atom. The molecule has 0 aromatic heterocycles. The lowest BCUT2D eigenvalue weighted by molar-refractivity contribution is -0.142. The van der Waals surface area contributed by atoms with Gasteiger partial charge in [0.05, 0.1) is 18.9 Å². The lowest BCUT2D eigenvalue weighted by atomic mass is 9.63. The molecule has 2 N–H and O–H groups in total. The lowest BCUT2D eigenvalue weighted by Gasteiger charge is -2.38. The molecule has 5 unspecified atom stereocenters. The van der Waals surface area contributed by atoms with Gasteiger partial charge in [0.2, 0.25) is 11.8 Å². The standard InChI is InChI=1S/C20H23N3O4/c1-11(21-20(26)22-14-7-9-15(27-2)10-8-14)23-18(24)16-12-3-4-13(6-5-12)17(16)19(23)25/h3-4,7-13,16-17H,5-6H2,1-2H3,(H2,21,22,26). The van der Waals surface area contributed by atoms with Gasteiger partial charge in [0, 0.05) is 5.69 Å². The number of hydrogen-bond acceptors (Lipinski definition) is 4. The number of imide groups is 1. The summed E-state index contributed by atoms with van der Waals surface area (Å²) in [6.45, 7) is 1.66. The van der Waals surface area contributed by atoms with Gasteiger partial charge < -0.3 is 15.4 Å². The molecule has 1 heterocycles. The molecule has 1 aromatic carbocycles. The summed E-state index contributed by atoms with van der Waals surface area (Å²) in [4.78, 5) is 39.3. The zero-order valence-corrected chi connectivity index (χ0v) is 15.3. The van der Waals surface area contributed by atoms with Gasteiger partial charge in [-0.05, 0) is 55.9 Å². The molecule has 7 heteroatoms. The molecule has 3 aliphatic carbocycles. The van der Waals surface area contributed by atoms with Crippen molar-refractivity contribution in [2.24, 2.45) is 23.7 Å². The molecule has 2 fully saturated rings. The van der Waals surface area contributed by atoms with E-state index < -0.39 is 12.2 Å². The number of nitrogens with one attached hydrogen (secondary N) is 2. The minimum absolute atomic E-state index is 0.141. The molecule has 7 nitrogen and oxygen atoms in total. The molecule has 0 spiro atoms. The quantitative estimate of drug-likeness (QED) is 0.630. The number of allylic oxidation sites excluding steroid dienone is 2. The average Bonchev–Trinajstić information content (AvgIpc) is 2.96. The van der Waals surface area contributed by atoms with Crippen molar-refractivity contribution in [3.05, 3.63) is 36.4 Å². The molecule has 2 bridgehead atoms. The van der Waals surface area contributed by atoms with Crippen LogP contribution in [0.25, 0.3) is 0 Å². The topological polar surface area (TPSA) is 87.7 Å². The zero-order chi connectivity index (χ0) is 19.1. The first-order valence-corrected chi connectivity index (χ1v) is 9.26. The fourth-order valence-electron chi connectivity index (χ4n) is 4.57. The highest BCUT2D eigenvalue weighted by atomic mass is 16.5. The summed E-state index contributed by atoms with van der Waals surface area (Å²) >= 11 is 0. The summed E-state index contributed by atoms with van der Waals surface area (Å²) in [5.41, 5.74) is 0.593. The maximum absolute atomic E-state index is 12.9. The van der Waals surface area contributed by atoms with Crippen LogP contribution >= 0.6 is 0 Å². The van der Waals surface area contributed by atoms with E-state index in [1.165, 1.54) is 4.90 Å². The Hall–Kier alpha value is -2.83. The van der Waals surface area contributed by atoms with Crippen LogP contribution in [0.15, 0.2) is 36.4 Å². The summed E-state index contributed by atoms with van der Waals surface area (Å²) in [5, 5.41) is 5.40. The van der Waals surface area contributed by atoms with E-state index in [2.05, 4.69) is 22.8 Å². The fraction of sp³-hybridized carbons (Fsp3) is 0.450. The van der Waals surface area contributed by atoms with E-state index in [1.807, 2.05) is 0 Å². The Balaban J connectivity index is 1.42. The monoisotopic (exact) mass is 369 g/mol. The third-order valence-electron chi connectivity index (χ3n) is 5.87. The van der Waals surface area contributed by atoms with Crippen molar-refractivity contribution in [1.29, 1.82) is 0 Å². The largest absolute Gasteiger partial charge is 0.497 e. The number of rotatable bonds is 4. The van der Waals surface area contributed by atoms with Gasteiger partial charge in [0.25, 0.3) is 0 Å². The van der Waals surface area contributed by atoms with Crippen molar-refractivity contribution >= 4 is 23.5 Å². The van der Waals surface area contributed by atoms with Crippen LogP contribution in [0, 0.1) is 23.7 Å². The number of fused-ring (bicyclic) bond motifs is 1. The number of nitrogens with zero attached hydrogens (tertiary/aromatic N) is 1. The number of carbonyl (C=O) groups excluding carboxylic acids is 3. The molecular weight excluding hydrogens is 346 g/mol. The van der Waals surface area contributed by atoms with Crippen LogP contribution in [-0.2, 0) is 9.59 Å². The van der Waals surface area contributed by atoms with E-state index >= 15 is 0 Å². The van der Waals surface area contributed by atoms with Crippen LogP contribution in [0.5, 0.6) is 5.75 Å². The highest BCUT2D eigenvalue weighted by molar-refractivity contribution is 6.06. The van der Waals surface area contributed by atoms with E-state index in [0.29, 0.717) is 11.4 Å². The van der Waals surface area contributed by atoms with Gasteiger partial charge in [-0.1, -0.05) is 12.2 Å². The number of urea groups is 1. The van der Waals surface area contributed by atoms with Crippen LogP contribution in [0.3, 0.4) is 0 Å². The summed E-state index contributed by atoms with van der Waals surface area (Å²) in [5.74, 6) is 0.102. The first-order chi connectivity index (χ1) is 13.0. The van der Waals surface area contributed by atoms with Gasteiger partial charge in [-0.25, -0.2) is 4.79 Å². The molecule has 142 valence electrons. The molecule has 4 aliphatic rings. The van der Waals surface area contributed by atoms with Crippen molar-refractivity contribution in [2.45, 2.75) is 25.9 Å². The van der Waals surface area contributed by atoms with Crippen molar-refractivity contribution < 1.29 is 19.1 Å². The maximum atomic E-state index is 12.9. The predicted octanol–water partition coefficient (Wildman–Crippen LogP) is 2.36. The van der Waals surface area contributed by atoms with E-state index in [4.69, 9.17) is 4.74 Å². The molecule has 4 amide bonds. The fourth-order valence-corrected chi connectivity index (χ4v) is 4.57. The molecule has 0 radical (unpaired) electrons. The summed E-state index contributed by atoms with van der Waals surface area (Å²) in [7, 11) is 1.57. The van der Waals surface area contributed by atoms with Crippen molar-refractivity contribution in [1.82, 2.24) is 10.2 Å². The van der Waals surface area contributed by atoms with Crippen LogP contribution in [0.2, 0.25) is 0 Å². The first-order valence-electron chi connectivity index (χ1n) is 9.26. The molecular formula is C20H23N3O4. The van der Waals surface area contributed by atoms with Crippen molar-refractivity contribution in [3.63, 3.8) is 0 Å². The van der Waals surface area contributed by atoms with Crippen molar-refractivity contribution in [3.8, 4) is 5.75 Å². The number of benzene rings is 1. The second-order valence-corrected chi connectivity index (χ2v) is 7.39. The lowest BCUT2D eigenvalue weighted by Crippen LogP contribution is -2.50. The summed E-state index contributed by atoms with van der Waals surface area (Å²) in [6, 6.07) is 6.43. The number of anilines is 1. The van der Waals surface area contributed by atoms with Crippen LogP contribution in [0.1, 0.15) is 19.8 Å². The average molecular weight is 369 g/mol. The maximum Gasteiger partial charge on any atom is 0.320 e. The zero-order valence-electron chi connectivity index (χ0n) is 15.3. The number of ether oxygens (including phenoxy) is 1. The van der Waals surface area contributed by atoms with Gasteiger partial charge in [-0.15, -0.1) is 0 Å². The molecule has 27 heavy (non-hydrogen) atoms. The number of amides is 4. The molecule has 5 atom stereocenters. The third-order valence-corrected chi connectivity index (χ3v) is 5.87. The minimum Gasteiger partial charge on any atom is -0.497 e. The van der Waals surface area contributed by atoms with E-state index in [9.17, 15) is 14.4 Å². The Kier molecular flexibility index (Phi) is 4.37. The van der Waals surface area contributed by atoms with E-state index in [-0.39, 0.29) is 35.5 Å². The Morgan fingerprint density at radius 3 is 2.11 bits per heavy atom. The molecule has 5 rings (SSSR count). The SMILES string of the molecule is COc1ccc(NC(=O)NC(C)N2C(=O)C3C4C=CC(CC4)C3C2=O)cc1. The second-order valence-electron chi connectivity index (χ2n) is 7.39. The number of methoxy groups -OCH3 is 1. The number of hydrogen-bond donors (Lipinski definition) is 2.